The maximum atomic E-state index is 12.9. The predicted octanol–water partition coefficient (Wildman–Crippen LogP) is 1.65. The highest BCUT2D eigenvalue weighted by atomic mass is 19.1. The topological polar surface area (TPSA) is 73.1 Å². The minimum absolute atomic E-state index is 0.175. The predicted molar refractivity (Wildman–Crippen MR) is 62.1 cm³/mol. The van der Waals surface area contributed by atoms with Crippen LogP contribution in [0.15, 0.2) is 18.2 Å². The molecular weight excluding hydrogens is 235 g/mol. The molecule has 94 valence electrons. The second kappa shape index (κ2) is 5.15. The van der Waals surface area contributed by atoms with E-state index in [1.165, 1.54) is 12.1 Å². The minimum Gasteiger partial charge on any atom is -0.480 e. The number of halogens is 1. The van der Waals surface area contributed by atoms with E-state index in [0.717, 1.165) is 18.9 Å². The van der Waals surface area contributed by atoms with Gasteiger partial charge in [-0.05, 0) is 36.5 Å². The van der Waals surface area contributed by atoms with Gasteiger partial charge in [-0.2, -0.15) is 5.26 Å². The molecule has 2 N–H and O–H groups in total. The lowest BCUT2D eigenvalue weighted by Gasteiger charge is -2.14. The van der Waals surface area contributed by atoms with Crippen molar-refractivity contribution in [1.82, 2.24) is 5.32 Å². The zero-order valence-corrected chi connectivity index (χ0v) is 9.69. The van der Waals surface area contributed by atoms with Gasteiger partial charge >= 0.3 is 5.97 Å². The van der Waals surface area contributed by atoms with Crippen LogP contribution in [0.1, 0.15) is 24.0 Å². The molecule has 0 amide bonds. The molecule has 1 unspecified atom stereocenters. The summed E-state index contributed by atoms with van der Waals surface area (Å²) in [5, 5.41) is 20.8. The van der Waals surface area contributed by atoms with E-state index in [1.807, 2.05) is 6.07 Å². The Morgan fingerprint density at radius 2 is 2.33 bits per heavy atom. The number of carbonyl (C=O) groups is 1. The lowest BCUT2D eigenvalue weighted by Crippen LogP contribution is -2.38. The summed E-state index contributed by atoms with van der Waals surface area (Å²) in [5.41, 5.74) is 0.855. The molecule has 1 atom stereocenters. The molecule has 0 spiro atoms. The normalized spacial score (nSPS) is 16.0. The van der Waals surface area contributed by atoms with E-state index in [-0.39, 0.29) is 18.0 Å². The zero-order valence-electron chi connectivity index (χ0n) is 9.69. The van der Waals surface area contributed by atoms with Crippen LogP contribution >= 0.6 is 0 Å². The van der Waals surface area contributed by atoms with Gasteiger partial charge in [0, 0.05) is 6.54 Å². The lowest BCUT2D eigenvalue weighted by molar-refractivity contribution is -0.140. The minimum atomic E-state index is -0.877. The molecule has 4 nitrogen and oxygen atoms in total. The first kappa shape index (κ1) is 12.5. The number of carboxylic acid groups (broad SMARTS) is 1. The highest BCUT2D eigenvalue weighted by Gasteiger charge is 2.35. The summed E-state index contributed by atoms with van der Waals surface area (Å²) in [6, 6.07) is 5.26. The van der Waals surface area contributed by atoms with Crippen molar-refractivity contribution in [3.8, 4) is 6.07 Å². The third kappa shape index (κ3) is 2.84. The van der Waals surface area contributed by atoms with Crippen molar-refractivity contribution in [2.75, 3.05) is 0 Å². The van der Waals surface area contributed by atoms with Crippen LogP contribution in [0.25, 0.3) is 0 Å². The van der Waals surface area contributed by atoms with Crippen molar-refractivity contribution in [3.63, 3.8) is 0 Å². The Morgan fingerprint density at radius 1 is 1.61 bits per heavy atom. The average molecular weight is 248 g/mol. The number of benzene rings is 1. The van der Waals surface area contributed by atoms with Crippen LogP contribution in [0.4, 0.5) is 4.39 Å². The van der Waals surface area contributed by atoms with Crippen LogP contribution < -0.4 is 5.32 Å². The van der Waals surface area contributed by atoms with Gasteiger partial charge in [0.05, 0.1) is 11.6 Å². The summed E-state index contributed by atoms with van der Waals surface area (Å²) in [5.74, 6) is -1.17. The SMILES string of the molecule is N#Cc1cc(F)ccc1CNC(C(=O)O)C1CC1. The molecule has 1 aromatic carbocycles. The number of nitrogens with zero attached hydrogens (tertiary/aromatic N) is 1. The molecule has 1 aliphatic carbocycles. The monoisotopic (exact) mass is 248 g/mol. The first-order valence-electron chi connectivity index (χ1n) is 5.76. The van der Waals surface area contributed by atoms with Gasteiger partial charge in [0.25, 0.3) is 0 Å². The molecule has 0 bridgehead atoms. The van der Waals surface area contributed by atoms with E-state index in [4.69, 9.17) is 10.4 Å². The van der Waals surface area contributed by atoms with E-state index in [1.54, 1.807) is 0 Å². The summed E-state index contributed by atoms with van der Waals surface area (Å²) in [6.07, 6.45) is 1.83. The number of nitrogens with one attached hydrogen (secondary N) is 1. The molecule has 1 saturated carbocycles. The quantitative estimate of drug-likeness (QED) is 0.831. The van der Waals surface area contributed by atoms with Crippen LogP contribution in [0.5, 0.6) is 0 Å². The van der Waals surface area contributed by atoms with Gasteiger partial charge < -0.3 is 10.4 Å². The van der Waals surface area contributed by atoms with Gasteiger partial charge in [0.2, 0.25) is 0 Å². The summed E-state index contributed by atoms with van der Waals surface area (Å²) in [7, 11) is 0. The van der Waals surface area contributed by atoms with E-state index in [2.05, 4.69) is 5.32 Å². The van der Waals surface area contributed by atoms with E-state index >= 15 is 0 Å². The maximum absolute atomic E-state index is 12.9. The number of hydrogen-bond acceptors (Lipinski definition) is 3. The number of nitriles is 1. The number of rotatable bonds is 5. The standard InChI is InChI=1S/C13H13FN2O2/c14-11-4-3-9(10(5-11)6-15)7-16-12(13(17)18)8-1-2-8/h3-5,8,12,16H,1-2,7H2,(H,17,18). The van der Waals surface area contributed by atoms with Crippen LogP contribution in [0, 0.1) is 23.1 Å². The molecular formula is C13H13FN2O2. The fraction of sp³-hybridized carbons (Fsp3) is 0.385. The smallest absolute Gasteiger partial charge is 0.320 e. The summed E-state index contributed by atoms with van der Waals surface area (Å²) in [4.78, 5) is 11.0. The third-order valence-corrected chi connectivity index (χ3v) is 3.06. The molecule has 0 radical (unpaired) electrons. The molecule has 2 rings (SSSR count). The van der Waals surface area contributed by atoms with Crippen molar-refractivity contribution in [2.24, 2.45) is 5.92 Å². The second-order valence-corrected chi connectivity index (χ2v) is 4.45. The van der Waals surface area contributed by atoms with E-state index < -0.39 is 17.8 Å². The molecule has 1 aliphatic rings. The molecule has 1 aromatic rings. The van der Waals surface area contributed by atoms with Crippen molar-refractivity contribution < 1.29 is 14.3 Å². The summed E-state index contributed by atoms with van der Waals surface area (Å²) in [6.45, 7) is 0.261. The number of hydrogen-bond donors (Lipinski definition) is 2. The number of carboxylic acids is 1. The van der Waals surface area contributed by atoms with Crippen LogP contribution in [-0.4, -0.2) is 17.1 Å². The Hall–Kier alpha value is -1.93. The average Bonchev–Trinajstić information content (AvgIpc) is 3.15. The Labute approximate surface area is 104 Å². The van der Waals surface area contributed by atoms with Crippen molar-refractivity contribution in [3.05, 3.63) is 35.1 Å². The van der Waals surface area contributed by atoms with Crippen LogP contribution in [0.2, 0.25) is 0 Å². The first-order chi connectivity index (χ1) is 8.61. The van der Waals surface area contributed by atoms with E-state index in [0.29, 0.717) is 5.56 Å². The van der Waals surface area contributed by atoms with Gasteiger partial charge in [-0.1, -0.05) is 6.07 Å². The molecule has 0 aliphatic heterocycles. The van der Waals surface area contributed by atoms with Gasteiger partial charge in [-0.15, -0.1) is 0 Å². The van der Waals surface area contributed by atoms with E-state index in [9.17, 15) is 9.18 Å². The second-order valence-electron chi connectivity index (χ2n) is 4.45. The van der Waals surface area contributed by atoms with Gasteiger partial charge in [-0.25, -0.2) is 4.39 Å². The van der Waals surface area contributed by atoms with Crippen molar-refractivity contribution in [2.45, 2.75) is 25.4 Å². The molecule has 0 saturated heterocycles. The Balaban J connectivity index is 2.05. The Kier molecular flexibility index (Phi) is 3.58. The van der Waals surface area contributed by atoms with Gasteiger partial charge in [-0.3, -0.25) is 4.79 Å². The van der Waals surface area contributed by atoms with Gasteiger partial charge in [0.1, 0.15) is 11.9 Å². The molecule has 5 heteroatoms. The lowest BCUT2D eigenvalue weighted by atomic mass is 10.1. The highest BCUT2D eigenvalue weighted by molar-refractivity contribution is 5.74. The summed E-state index contributed by atoms with van der Waals surface area (Å²) >= 11 is 0. The highest BCUT2D eigenvalue weighted by Crippen LogP contribution is 2.32. The fourth-order valence-electron chi connectivity index (χ4n) is 1.91. The van der Waals surface area contributed by atoms with Crippen LogP contribution in [0.3, 0.4) is 0 Å². The van der Waals surface area contributed by atoms with Crippen molar-refractivity contribution in [1.29, 1.82) is 5.26 Å². The molecule has 18 heavy (non-hydrogen) atoms. The fourth-order valence-corrected chi connectivity index (χ4v) is 1.91. The maximum Gasteiger partial charge on any atom is 0.320 e. The first-order valence-corrected chi connectivity index (χ1v) is 5.76. The molecule has 1 fully saturated rings. The zero-order chi connectivity index (χ0) is 13.1. The Bertz CT molecular complexity index is 506. The largest absolute Gasteiger partial charge is 0.480 e. The third-order valence-electron chi connectivity index (χ3n) is 3.06. The molecule has 0 aromatic heterocycles. The molecule has 0 heterocycles. The van der Waals surface area contributed by atoms with Gasteiger partial charge in [0.15, 0.2) is 0 Å². The van der Waals surface area contributed by atoms with Crippen molar-refractivity contribution >= 4 is 5.97 Å². The summed E-state index contributed by atoms with van der Waals surface area (Å²) < 4.78 is 12.9. The Morgan fingerprint density at radius 3 is 2.89 bits per heavy atom. The number of aliphatic carboxylic acids is 1. The van der Waals surface area contributed by atoms with Crippen LogP contribution in [-0.2, 0) is 11.3 Å².